The third-order valence-electron chi connectivity index (χ3n) is 6.98. The normalized spacial score (nSPS) is 20.8. The van der Waals surface area contributed by atoms with Gasteiger partial charge in [0.2, 0.25) is 0 Å². The Balaban J connectivity index is 1.35. The highest BCUT2D eigenvalue weighted by molar-refractivity contribution is 6.04. The van der Waals surface area contributed by atoms with E-state index in [9.17, 15) is 14.0 Å². The summed E-state index contributed by atoms with van der Waals surface area (Å²) in [6.07, 6.45) is 3.22. The minimum atomic E-state index is -0.233. The molecule has 0 radical (unpaired) electrons. The van der Waals surface area contributed by atoms with Crippen LogP contribution in [0.1, 0.15) is 46.9 Å². The van der Waals surface area contributed by atoms with Crippen molar-refractivity contribution >= 4 is 23.2 Å². The van der Waals surface area contributed by atoms with Gasteiger partial charge in [0.25, 0.3) is 11.8 Å². The minimum Gasteiger partial charge on any atom is -0.366 e. The van der Waals surface area contributed by atoms with Crippen molar-refractivity contribution < 1.29 is 14.0 Å². The Morgan fingerprint density at radius 3 is 2.53 bits per heavy atom. The molecule has 0 bridgehead atoms. The molecule has 168 valence electrons. The zero-order chi connectivity index (χ0) is 22.2. The van der Waals surface area contributed by atoms with Gasteiger partial charge in [-0.3, -0.25) is 9.59 Å². The summed E-state index contributed by atoms with van der Waals surface area (Å²) in [6, 6.07) is 12.3. The highest BCUT2D eigenvalue weighted by Gasteiger charge is 2.38. The van der Waals surface area contributed by atoms with Crippen molar-refractivity contribution in [3.05, 3.63) is 59.4 Å². The van der Waals surface area contributed by atoms with E-state index in [1.165, 1.54) is 6.07 Å². The molecule has 1 atom stereocenters. The average molecular weight is 437 g/mol. The largest absolute Gasteiger partial charge is 0.366 e. The van der Waals surface area contributed by atoms with Crippen LogP contribution in [0.25, 0.3) is 0 Å². The molecule has 2 amide bonds. The summed E-state index contributed by atoms with van der Waals surface area (Å²) in [7, 11) is 0. The lowest BCUT2D eigenvalue weighted by Crippen LogP contribution is -2.57. The molecule has 0 unspecified atom stereocenters. The molecule has 0 saturated carbocycles. The van der Waals surface area contributed by atoms with Crippen molar-refractivity contribution in [3.63, 3.8) is 0 Å². The first-order chi connectivity index (χ1) is 15.6. The number of hydrogen-bond donors (Lipinski definition) is 0. The SMILES string of the molecule is CCN1c2cc(C(=O)N3CCN(c4ccccc4F)CC3)ccc2C(=O)N2CCCC[C@H]21. The molecule has 2 saturated heterocycles. The van der Waals surface area contributed by atoms with E-state index < -0.39 is 0 Å². The van der Waals surface area contributed by atoms with E-state index >= 15 is 0 Å². The predicted octanol–water partition coefficient (Wildman–Crippen LogP) is 3.58. The number of piperidine rings is 1. The van der Waals surface area contributed by atoms with E-state index in [1.807, 2.05) is 32.9 Å². The monoisotopic (exact) mass is 436 g/mol. The number of benzene rings is 2. The first kappa shape index (κ1) is 20.8. The van der Waals surface area contributed by atoms with E-state index in [0.29, 0.717) is 43.0 Å². The topological polar surface area (TPSA) is 47.1 Å². The average Bonchev–Trinajstić information content (AvgIpc) is 2.84. The quantitative estimate of drug-likeness (QED) is 0.738. The highest BCUT2D eigenvalue weighted by atomic mass is 19.1. The predicted molar refractivity (Wildman–Crippen MR) is 123 cm³/mol. The first-order valence-electron chi connectivity index (χ1n) is 11.6. The molecule has 6 nitrogen and oxygen atoms in total. The second-order valence-corrected chi connectivity index (χ2v) is 8.72. The Labute approximate surface area is 188 Å². The summed E-state index contributed by atoms with van der Waals surface area (Å²) in [4.78, 5) is 34.4. The number of hydrogen-bond acceptors (Lipinski definition) is 4. The maximum absolute atomic E-state index is 14.1. The number of anilines is 2. The lowest BCUT2D eigenvalue weighted by Gasteiger charge is -2.47. The van der Waals surface area contributed by atoms with Crippen molar-refractivity contribution in [1.82, 2.24) is 9.80 Å². The van der Waals surface area contributed by atoms with Gasteiger partial charge < -0.3 is 19.6 Å². The molecule has 2 aromatic carbocycles. The fourth-order valence-corrected chi connectivity index (χ4v) is 5.30. The zero-order valence-corrected chi connectivity index (χ0v) is 18.5. The Morgan fingerprint density at radius 2 is 1.78 bits per heavy atom. The summed E-state index contributed by atoms with van der Waals surface area (Å²) in [6.45, 7) is 5.95. The number of para-hydroxylation sites is 1. The Kier molecular flexibility index (Phi) is 5.49. The fraction of sp³-hybridized carbons (Fsp3) is 0.440. The molecule has 0 N–H and O–H groups in total. The van der Waals surface area contributed by atoms with Gasteiger partial charge in [0.15, 0.2) is 0 Å². The molecular weight excluding hydrogens is 407 g/mol. The zero-order valence-electron chi connectivity index (χ0n) is 18.5. The molecular formula is C25H29FN4O2. The van der Waals surface area contributed by atoms with Gasteiger partial charge in [-0.25, -0.2) is 4.39 Å². The van der Waals surface area contributed by atoms with Crippen LogP contribution in [-0.2, 0) is 0 Å². The molecule has 5 rings (SSSR count). The van der Waals surface area contributed by atoms with Gasteiger partial charge in [-0.05, 0) is 56.5 Å². The summed E-state index contributed by atoms with van der Waals surface area (Å²) in [5, 5.41) is 0. The third-order valence-corrected chi connectivity index (χ3v) is 6.98. The van der Waals surface area contributed by atoms with Crippen LogP contribution < -0.4 is 9.80 Å². The van der Waals surface area contributed by atoms with Crippen molar-refractivity contribution in [2.24, 2.45) is 0 Å². The van der Waals surface area contributed by atoms with E-state index in [-0.39, 0.29) is 23.8 Å². The van der Waals surface area contributed by atoms with Crippen molar-refractivity contribution in [3.8, 4) is 0 Å². The van der Waals surface area contributed by atoms with Gasteiger partial charge in [0, 0.05) is 44.8 Å². The summed E-state index contributed by atoms with van der Waals surface area (Å²) >= 11 is 0. The summed E-state index contributed by atoms with van der Waals surface area (Å²) < 4.78 is 14.1. The number of rotatable bonds is 3. The second-order valence-electron chi connectivity index (χ2n) is 8.72. The van der Waals surface area contributed by atoms with E-state index in [2.05, 4.69) is 11.8 Å². The molecule has 2 aromatic rings. The van der Waals surface area contributed by atoms with Crippen molar-refractivity contribution in [1.29, 1.82) is 0 Å². The van der Waals surface area contributed by atoms with Crippen LogP contribution in [-0.4, -0.2) is 67.0 Å². The lowest BCUT2D eigenvalue weighted by molar-refractivity contribution is 0.0581. The summed E-state index contributed by atoms with van der Waals surface area (Å²) in [5.74, 6) is -0.189. The van der Waals surface area contributed by atoms with E-state index in [1.54, 1.807) is 18.2 Å². The first-order valence-corrected chi connectivity index (χ1v) is 11.6. The Bertz CT molecular complexity index is 1030. The molecule has 3 heterocycles. The van der Waals surface area contributed by atoms with Gasteiger partial charge in [0.1, 0.15) is 12.0 Å². The van der Waals surface area contributed by atoms with Crippen molar-refractivity contribution in [2.45, 2.75) is 32.4 Å². The van der Waals surface area contributed by atoms with E-state index in [0.717, 1.165) is 38.0 Å². The smallest absolute Gasteiger partial charge is 0.257 e. The van der Waals surface area contributed by atoms with Gasteiger partial charge in [0.05, 0.1) is 16.9 Å². The minimum absolute atomic E-state index is 0.0319. The van der Waals surface area contributed by atoms with Crippen LogP contribution in [0.5, 0.6) is 0 Å². The van der Waals surface area contributed by atoms with Gasteiger partial charge >= 0.3 is 0 Å². The number of halogens is 1. The van der Waals surface area contributed by atoms with Crippen LogP contribution in [0.4, 0.5) is 15.8 Å². The second kappa shape index (κ2) is 8.45. The van der Waals surface area contributed by atoms with Gasteiger partial charge in [-0.15, -0.1) is 0 Å². The standard InChI is InChI=1S/C25H29FN4O2/c1-2-29-22-17-18(10-11-19(22)25(32)30-12-6-5-9-23(29)30)24(31)28-15-13-27(14-16-28)21-8-4-3-7-20(21)26/h3-4,7-8,10-11,17,23H,2,5-6,9,12-16H2,1H3/t23-/m0/s1. The molecule has 7 heteroatoms. The molecule has 3 aliphatic rings. The number of piperazine rings is 1. The number of carbonyl (C=O) groups is 2. The van der Waals surface area contributed by atoms with Gasteiger partial charge in [-0.1, -0.05) is 12.1 Å². The third kappa shape index (κ3) is 3.49. The molecule has 2 fully saturated rings. The lowest BCUT2D eigenvalue weighted by atomic mass is 9.97. The maximum Gasteiger partial charge on any atom is 0.257 e. The molecule has 3 aliphatic heterocycles. The molecule has 32 heavy (non-hydrogen) atoms. The number of fused-ring (bicyclic) bond motifs is 2. The Morgan fingerprint density at radius 1 is 1.00 bits per heavy atom. The van der Waals surface area contributed by atoms with Crippen LogP contribution in [0, 0.1) is 5.82 Å². The number of amides is 2. The van der Waals surface area contributed by atoms with Crippen molar-refractivity contribution in [2.75, 3.05) is 49.1 Å². The maximum atomic E-state index is 14.1. The number of carbonyl (C=O) groups excluding carboxylic acids is 2. The van der Waals surface area contributed by atoms with E-state index in [4.69, 9.17) is 0 Å². The molecule has 0 aromatic heterocycles. The van der Waals surface area contributed by atoms with Crippen LogP contribution in [0.15, 0.2) is 42.5 Å². The van der Waals surface area contributed by atoms with Gasteiger partial charge in [-0.2, -0.15) is 0 Å². The van der Waals surface area contributed by atoms with Crippen LogP contribution in [0.2, 0.25) is 0 Å². The summed E-state index contributed by atoms with van der Waals surface area (Å²) in [5.41, 5.74) is 2.75. The highest BCUT2D eigenvalue weighted by Crippen LogP contribution is 2.36. The number of nitrogens with zero attached hydrogens (tertiary/aromatic N) is 4. The van der Waals surface area contributed by atoms with Crippen LogP contribution in [0.3, 0.4) is 0 Å². The van der Waals surface area contributed by atoms with Crippen LogP contribution >= 0.6 is 0 Å². The Hall–Kier alpha value is -3.09. The fourth-order valence-electron chi connectivity index (χ4n) is 5.30. The molecule has 0 spiro atoms. The molecule has 0 aliphatic carbocycles.